The van der Waals surface area contributed by atoms with Gasteiger partial charge in [0.2, 0.25) is 0 Å². The fraction of sp³-hybridized carbons (Fsp3) is 0. The van der Waals surface area contributed by atoms with Crippen LogP contribution in [0.4, 0.5) is 9.80 Å². The maximum absolute atomic E-state index is 11.0. The summed E-state index contributed by atoms with van der Waals surface area (Å²) in [7, 11) is 0. The number of nitrogens with zero attached hydrogens (tertiary/aromatic N) is 1. The monoisotopic (exact) mass is 297 g/mol. The van der Waals surface area contributed by atoms with Crippen LogP contribution in [0, 0.1) is 0 Å². The van der Waals surface area contributed by atoms with Gasteiger partial charge in [-0.2, -0.15) is 0 Å². The highest BCUT2D eigenvalue weighted by molar-refractivity contribution is 7.19. The van der Waals surface area contributed by atoms with E-state index in [1.807, 2.05) is 0 Å². The average Bonchev–Trinajstić information content (AvgIpc) is 2.73. The molecule has 8 heteroatoms. The van der Waals surface area contributed by atoms with Crippen LogP contribution in [0.5, 0.6) is 0 Å². The first kappa shape index (κ1) is 13.3. The number of hydrogen-bond acceptors (Lipinski definition) is 4. The summed E-state index contributed by atoms with van der Waals surface area (Å²) < 4.78 is 0. The molecule has 19 heavy (non-hydrogen) atoms. The molecule has 2 amide bonds. The molecule has 0 spiro atoms. The maximum atomic E-state index is 11.0. The number of thiazole rings is 1. The first-order chi connectivity index (χ1) is 8.97. The number of carboxylic acid groups (broad SMARTS) is 1. The minimum absolute atomic E-state index is 0.102. The van der Waals surface area contributed by atoms with E-state index in [2.05, 4.69) is 10.3 Å². The molecule has 0 aliphatic rings. The summed E-state index contributed by atoms with van der Waals surface area (Å²) in [6.45, 7) is 0. The van der Waals surface area contributed by atoms with Crippen LogP contribution in [0.1, 0.15) is 10.5 Å². The highest BCUT2D eigenvalue weighted by Gasteiger charge is 2.19. The molecule has 0 saturated carbocycles. The fourth-order valence-electron chi connectivity index (χ4n) is 1.38. The molecule has 0 fully saturated rings. The molecule has 1 aromatic heterocycles. The average molecular weight is 298 g/mol. The van der Waals surface area contributed by atoms with Gasteiger partial charge in [0.1, 0.15) is 10.0 Å². The summed E-state index contributed by atoms with van der Waals surface area (Å²) in [4.78, 5) is 25.8. The summed E-state index contributed by atoms with van der Waals surface area (Å²) in [6, 6.07) is 5.91. The van der Waals surface area contributed by atoms with Gasteiger partial charge in [0.05, 0.1) is 0 Å². The predicted octanol–water partition coefficient (Wildman–Crippen LogP) is 2.65. The molecular formula is C11H8ClN3O3S. The second-order valence-electron chi connectivity index (χ2n) is 3.50. The van der Waals surface area contributed by atoms with Gasteiger partial charge in [0.15, 0.2) is 5.69 Å². The zero-order valence-corrected chi connectivity index (χ0v) is 11.0. The Morgan fingerprint density at radius 3 is 2.47 bits per heavy atom. The van der Waals surface area contributed by atoms with Crippen molar-refractivity contribution in [1.29, 1.82) is 0 Å². The van der Waals surface area contributed by atoms with E-state index in [4.69, 9.17) is 22.4 Å². The summed E-state index contributed by atoms with van der Waals surface area (Å²) in [5, 5.41) is 12.4. The van der Waals surface area contributed by atoms with E-state index in [1.54, 1.807) is 24.3 Å². The number of nitrogens with two attached hydrogens (primary N) is 1. The van der Waals surface area contributed by atoms with Crippen LogP contribution in [-0.4, -0.2) is 22.1 Å². The van der Waals surface area contributed by atoms with Gasteiger partial charge in [-0.1, -0.05) is 35.1 Å². The Balaban J connectivity index is 2.45. The second kappa shape index (κ2) is 5.25. The van der Waals surface area contributed by atoms with Crippen molar-refractivity contribution in [1.82, 2.24) is 4.98 Å². The predicted molar refractivity (Wildman–Crippen MR) is 72.7 cm³/mol. The lowest BCUT2D eigenvalue weighted by Gasteiger charge is -1.96. The molecule has 0 bridgehead atoms. The number of carbonyl (C=O) groups excluding carboxylic acids is 1. The number of urea groups is 1. The SMILES string of the molecule is NC(=O)Nc1sc(-c2ccc(Cl)cc2)nc1C(=O)O. The van der Waals surface area contributed by atoms with E-state index in [0.29, 0.717) is 15.6 Å². The molecule has 2 aromatic rings. The largest absolute Gasteiger partial charge is 0.476 e. The summed E-state index contributed by atoms with van der Waals surface area (Å²) in [5.74, 6) is -1.24. The molecule has 4 N–H and O–H groups in total. The highest BCUT2D eigenvalue weighted by atomic mass is 35.5. The lowest BCUT2D eigenvalue weighted by molar-refractivity contribution is 0.0692. The molecule has 0 unspecified atom stereocenters. The Hall–Kier alpha value is -2.12. The van der Waals surface area contributed by atoms with Crippen molar-refractivity contribution in [3.63, 3.8) is 0 Å². The van der Waals surface area contributed by atoms with Crippen LogP contribution in [0.25, 0.3) is 10.6 Å². The van der Waals surface area contributed by atoms with Crippen molar-refractivity contribution >= 4 is 39.9 Å². The second-order valence-corrected chi connectivity index (χ2v) is 4.93. The van der Waals surface area contributed by atoms with Crippen molar-refractivity contribution in [2.75, 3.05) is 5.32 Å². The van der Waals surface area contributed by atoms with Crippen molar-refractivity contribution in [2.24, 2.45) is 5.73 Å². The van der Waals surface area contributed by atoms with Crippen molar-refractivity contribution in [3.05, 3.63) is 35.0 Å². The molecule has 0 aliphatic heterocycles. The first-order valence-corrected chi connectivity index (χ1v) is 6.23. The third kappa shape index (κ3) is 3.01. The third-order valence-corrected chi connectivity index (χ3v) is 3.43. The fourth-order valence-corrected chi connectivity index (χ4v) is 2.47. The Morgan fingerprint density at radius 1 is 1.32 bits per heavy atom. The number of aromatic nitrogens is 1. The molecule has 0 radical (unpaired) electrons. The van der Waals surface area contributed by atoms with Gasteiger partial charge in [0, 0.05) is 10.6 Å². The molecule has 0 saturated heterocycles. The van der Waals surface area contributed by atoms with Crippen LogP contribution in [-0.2, 0) is 0 Å². The minimum Gasteiger partial charge on any atom is -0.476 e. The van der Waals surface area contributed by atoms with Gasteiger partial charge in [-0.15, -0.1) is 0 Å². The molecule has 2 rings (SSSR count). The molecule has 0 aliphatic carbocycles. The molecule has 1 heterocycles. The summed E-state index contributed by atoms with van der Waals surface area (Å²) in [5.41, 5.74) is 5.44. The Kier molecular flexibility index (Phi) is 3.68. The first-order valence-electron chi connectivity index (χ1n) is 5.04. The smallest absolute Gasteiger partial charge is 0.357 e. The van der Waals surface area contributed by atoms with Crippen LogP contribution >= 0.6 is 22.9 Å². The van der Waals surface area contributed by atoms with Crippen molar-refractivity contribution in [2.45, 2.75) is 0 Å². The normalized spacial score (nSPS) is 10.2. The van der Waals surface area contributed by atoms with E-state index in [-0.39, 0.29) is 10.7 Å². The zero-order valence-electron chi connectivity index (χ0n) is 9.38. The van der Waals surface area contributed by atoms with Gasteiger partial charge in [-0.05, 0) is 12.1 Å². The number of primary amides is 1. The molecule has 0 atom stereocenters. The van der Waals surface area contributed by atoms with E-state index in [9.17, 15) is 9.59 Å². The Bertz CT molecular complexity index is 639. The standard InChI is InChI=1S/C11H8ClN3O3S/c12-6-3-1-5(2-4-6)8-14-7(10(16)17)9(19-8)15-11(13)18/h1-4H,(H,16,17)(H3,13,15,18). The summed E-state index contributed by atoms with van der Waals surface area (Å²) in [6.07, 6.45) is 0. The van der Waals surface area contributed by atoms with E-state index < -0.39 is 12.0 Å². The molecule has 98 valence electrons. The van der Waals surface area contributed by atoms with Crippen LogP contribution in [0.3, 0.4) is 0 Å². The number of anilines is 1. The van der Waals surface area contributed by atoms with Gasteiger partial charge >= 0.3 is 12.0 Å². The number of amides is 2. The van der Waals surface area contributed by atoms with Gasteiger partial charge in [-0.25, -0.2) is 14.6 Å². The number of halogens is 1. The van der Waals surface area contributed by atoms with Gasteiger partial charge < -0.3 is 10.8 Å². The third-order valence-electron chi connectivity index (χ3n) is 2.16. The van der Waals surface area contributed by atoms with Crippen molar-refractivity contribution in [3.8, 4) is 10.6 Å². The summed E-state index contributed by atoms with van der Waals surface area (Å²) >= 11 is 6.80. The Morgan fingerprint density at radius 2 is 1.95 bits per heavy atom. The van der Waals surface area contributed by atoms with E-state index >= 15 is 0 Å². The van der Waals surface area contributed by atoms with Gasteiger partial charge in [-0.3, -0.25) is 5.32 Å². The number of carboxylic acids is 1. The number of benzene rings is 1. The number of carbonyl (C=O) groups is 2. The molecular weight excluding hydrogens is 290 g/mol. The number of rotatable bonds is 3. The minimum atomic E-state index is -1.24. The van der Waals surface area contributed by atoms with E-state index in [1.165, 1.54) is 0 Å². The maximum Gasteiger partial charge on any atom is 0.357 e. The highest BCUT2D eigenvalue weighted by Crippen LogP contribution is 2.32. The number of aromatic carboxylic acids is 1. The van der Waals surface area contributed by atoms with E-state index in [0.717, 1.165) is 11.3 Å². The lowest BCUT2D eigenvalue weighted by atomic mass is 10.2. The zero-order chi connectivity index (χ0) is 14.0. The number of hydrogen-bond donors (Lipinski definition) is 3. The number of nitrogens with one attached hydrogen (secondary N) is 1. The van der Waals surface area contributed by atoms with Gasteiger partial charge in [0.25, 0.3) is 0 Å². The lowest BCUT2D eigenvalue weighted by Crippen LogP contribution is -2.20. The quantitative estimate of drug-likeness (QED) is 0.809. The van der Waals surface area contributed by atoms with Crippen LogP contribution in [0.2, 0.25) is 5.02 Å². The van der Waals surface area contributed by atoms with Crippen LogP contribution < -0.4 is 11.1 Å². The molecule has 1 aromatic carbocycles. The molecule has 6 nitrogen and oxygen atoms in total. The van der Waals surface area contributed by atoms with Crippen molar-refractivity contribution < 1.29 is 14.7 Å². The Labute approximate surface area is 116 Å². The topological polar surface area (TPSA) is 105 Å². The van der Waals surface area contributed by atoms with Crippen LogP contribution in [0.15, 0.2) is 24.3 Å².